The van der Waals surface area contributed by atoms with Crippen LogP contribution in [-0.2, 0) is 4.79 Å². The fourth-order valence-corrected chi connectivity index (χ4v) is 5.29. The number of nitrogens with zero attached hydrogens (tertiary/aromatic N) is 3. The van der Waals surface area contributed by atoms with Gasteiger partial charge in [0, 0.05) is 17.1 Å². The first kappa shape index (κ1) is 23.7. The van der Waals surface area contributed by atoms with Crippen LogP contribution in [0, 0.1) is 13.8 Å². The van der Waals surface area contributed by atoms with Crippen LogP contribution in [0.3, 0.4) is 0 Å². The molecule has 2 heterocycles. The number of benzene rings is 3. The zero-order chi connectivity index (χ0) is 25.1. The van der Waals surface area contributed by atoms with Gasteiger partial charge in [-0.25, -0.2) is 4.99 Å². The largest absolute Gasteiger partial charge is 0.494 e. The SMILES string of the molecule is CCOc1ccc(-n2c(C)cc(/C=C3\SC(=Nc4ccccc4)N(c4ccccc4)C3=O)c2C)cc1. The van der Waals surface area contributed by atoms with E-state index in [2.05, 4.69) is 36.6 Å². The molecule has 1 aliphatic heterocycles. The van der Waals surface area contributed by atoms with E-state index >= 15 is 0 Å². The third-order valence-corrected chi connectivity index (χ3v) is 6.93. The summed E-state index contributed by atoms with van der Waals surface area (Å²) in [7, 11) is 0. The van der Waals surface area contributed by atoms with Crippen molar-refractivity contribution in [1.29, 1.82) is 0 Å². The van der Waals surface area contributed by atoms with Crippen LogP contribution in [0.4, 0.5) is 11.4 Å². The maximum absolute atomic E-state index is 13.6. The lowest BCUT2D eigenvalue weighted by Gasteiger charge is -2.15. The van der Waals surface area contributed by atoms with Gasteiger partial charge in [0.25, 0.3) is 5.91 Å². The third kappa shape index (κ3) is 4.72. The predicted molar refractivity (Wildman–Crippen MR) is 149 cm³/mol. The topological polar surface area (TPSA) is 46.8 Å². The molecule has 0 saturated carbocycles. The van der Waals surface area contributed by atoms with Crippen molar-refractivity contribution in [1.82, 2.24) is 4.57 Å². The summed E-state index contributed by atoms with van der Waals surface area (Å²) in [5.74, 6) is 0.775. The minimum absolute atomic E-state index is 0.0771. The monoisotopic (exact) mass is 493 g/mol. The van der Waals surface area contributed by atoms with Crippen molar-refractivity contribution in [3.63, 3.8) is 0 Å². The number of para-hydroxylation sites is 2. The van der Waals surface area contributed by atoms with E-state index in [1.165, 1.54) is 11.8 Å². The van der Waals surface area contributed by atoms with E-state index in [1.54, 1.807) is 4.90 Å². The Morgan fingerprint density at radius 1 is 0.889 bits per heavy atom. The summed E-state index contributed by atoms with van der Waals surface area (Å²) in [5.41, 5.74) is 5.83. The first-order chi connectivity index (χ1) is 17.5. The number of hydrogen-bond donors (Lipinski definition) is 0. The molecule has 1 aromatic heterocycles. The maximum atomic E-state index is 13.6. The number of carbonyl (C=O) groups excluding carboxylic acids is 1. The molecule has 0 atom stereocenters. The molecule has 0 spiro atoms. The summed E-state index contributed by atoms with van der Waals surface area (Å²) >= 11 is 1.40. The minimum Gasteiger partial charge on any atom is -0.494 e. The van der Waals surface area contributed by atoms with Gasteiger partial charge in [-0.2, -0.15) is 0 Å². The number of ether oxygens (including phenoxy) is 1. The van der Waals surface area contributed by atoms with Gasteiger partial charge in [0.05, 0.1) is 22.9 Å². The summed E-state index contributed by atoms with van der Waals surface area (Å²) < 4.78 is 7.78. The second-order valence-electron chi connectivity index (χ2n) is 8.41. The highest BCUT2D eigenvalue weighted by Gasteiger charge is 2.35. The van der Waals surface area contributed by atoms with Crippen LogP contribution >= 0.6 is 11.8 Å². The Morgan fingerprint density at radius 2 is 1.56 bits per heavy atom. The quantitative estimate of drug-likeness (QED) is 0.265. The molecular weight excluding hydrogens is 466 g/mol. The molecule has 5 rings (SSSR count). The molecule has 0 radical (unpaired) electrons. The minimum atomic E-state index is -0.0771. The molecule has 1 amide bonds. The van der Waals surface area contributed by atoms with Gasteiger partial charge in [0.1, 0.15) is 5.75 Å². The van der Waals surface area contributed by atoms with Gasteiger partial charge < -0.3 is 9.30 Å². The number of hydrogen-bond acceptors (Lipinski definition) is 4. The lowest BCUT2D eigenvalue weighted by atomic mass is 10.2. The first-order valence-electron chi connectivity index (χ1n) is 11.9. The lowest BCUT2D eigenvalue weighted by Crippen LogP contribution is -2.28. The predicted octanol–water partition coefficient (Wildman–Crippen LogP) is 7.30. The molecule has 3 aromatic carbocycles. The molecule has 0 N–H and O–H groups in total. The van der Waals surface area contributed by atoms with Gasteiger partial charge in [0.15, 0.2) is 5.17 Å². The Hall–Kier alpha value is -4.03. The van der Waals surface area contributed by atoms with Gasteiger partial charge in [0.2, 0.25) is 0 Å². The molecular formula is C30H27N3O2S. The number of aryl methyl sites for hydroxylation is 1. The molecule has 6 heteroatoms. The van der Waals surface area contributed by atoms with Crippen molar-refractivity contribution in [2.75, 3.05) is 11.5 Å². The van der Waals surface area contributed by atoms with E-state index in [4.69, 9.17) is 9.73 Å². The molecule has 1 saturated heterocycles. The number of anilines is 1. The number of carbonyl (C=O) groups is 1. The number of aromatic nitrogens is 1. The second kappa shape index (κ2) is 10.3. The average molecular weight is 494 g/mol. The number of rotatable bonds is 6. The molecule has 0 aliphatic carbocycles. The summed E-state index contributed by atoms with van der Waals surface area (Å²) in [5, 5.41) is 0.643. The number of thioether (sulfide) groups is 1. The summed E-state index contributed by atoms with van der Waals surface area (Å²) in [4.78, 5) is 20.7. The third-order valence-electron chi connectivity index (χ3n) is 5.96. The summed E-state index contributed by atoms with van der Waals surface area (Å²) in [6.45, 7) is 6.77. The number of amidine groups is 1. The molecule has 36 heavy (non-hydrogen) atoms. The molecule has 4 aromatic rings. The Morgan fingerprint density at radius 3 is 2.22 bits per heavy atom. The van der Waals surface area contributed by atoms with Gasteiger partial charge >= 0.3 is 0 Å². The van der Waals surface area contributed by atoms with Crippen molar-refractivity contribution in [3.05, 3.63) is 113 Å². The first-order valence-corrected chi connectivity index (χ1v) is 12.7. The molecule has 0 unspecified atom stereocenters. The second-order valence-corrected chi connectivity index (χ2v) is 9.41. The molecule has 0 bridgehead atoms. The fourth-order valence-electron chi connectivity index (χ4n) is 4.30. The normalized spacial score (nSPS) is 15.8. The van der Waals surface area contributed by atoms with Crippen LogP contribution in [0.5, 0.6) is 5.75 Å². The van der Waals surface area contributed by atoms with Crippen LogP contribution in [0.2, 0.25) is 0 Å². The summed E-state index contributed by atoms with van der Waals surface area (Å²) in [6, 6.07) is 29.6. The van der Waals surface area contributed by atoms with Crippen LogP contribution in [-0.4, -0.2) is 22.2 Å². The number of amides is 1. The van der Waals surface area contributed by atoms with Gasteiger partial charge in [-0.05, 0) is 98.8 Å². The Balaban J connectivity index is 1.52. The van der Waals surface area contributed by atoms with E-state index < -0.39 is 0 Å². The fraction of sp³-hybridized carbons (Fsp3) is 0.133. The van der Waals surface area contributed by atoms with E-state index in [0.29, 0.717) is 16.7 Å². The van der Waals surface area contributed by atoms with Crippen LogP contribution in [0.15, 0.2) is 101 Å². The molecule has 180 valence electrons. The average Bonchev–Trinajstić information content (AvgIpc) is 3.35. The zero-order valence-corrected chi connectivity index (χ0v) is 21.3. The maximum Gasteiger partial charge on any atom is 0.271 e. The van der Waals surface area contributed by atoms with E-state index in [-0.39, 0.29) is 5.91 Å². The van der Waals surface area contributed by atoms with Crippen molar-refractivity contribution in [2.45, 2.75) is 20.8 Å². The van der Waals surface area contributed by atoms with Crippen LogP contribution in [0.1, 0.15) is 23.9 Å². The smallest absolute Gasteiger partial charge is 0.271 e. The standard InChI is InChI=1S/C30H27N3O2S/c1-4-35-27-17-15-26(16-18-27)32-21(2)19-23(22(32)3)20-28-29(34)33(25-13-9-6-10-14-25)30(36-28)31-24-11-7-5-8-12-24/h5-20H,4H2,1-3H3/b28-20-,31-30?. The van der Waals surface area contributed by atoms with Crippen molar-refractivity contribution < 1.29 is 9.53 Å². The van der Waals surface area contributed by atoms with E-state index in [0.717, 1.165) is 39.8 Å². The van der Waals surface area contributed by atoms with Crippen molar-refractivity contribution in [2.24, 2.45) is 4.99 Å². The van der Waals surface area contributed by atoms with Gasteiger partial charge in [-0.3, -0.25) is 9.69 Å². The Bertz CT molecular complexity index is 1440. The van der Waals surface area contributed by atoms with Gasteiger partial charge in [-0.1, -0.05) is 36.4 Å². The van der Waals surface area contributed by atoms with Crippen LogP contribution in [0.25, 0.3) is 11.8 Å². The summed E-state index contributed by atoms with van der Waals surface area (Å²) in [6.07, 6.45) is 1.98. The van der Waals surface area contributed by atoms with E-state index in [1.807, 2.05) is 85.8 Å². The highest BCUT2D eigenvalue weighted by atomic mass is 32.2. The highest BCUT2D eigenvalue weighted by Crippen LogP contribution is 2.38. The number of aliphatic imine (C=N–C) groups is 1. The van der Waals surface area contributed by atoms with Gasteiger partial charge in [-0.15, -0.1) is 0 Å². The molecule has 1 fully saturated rings. The highest BCUT2D eigenvalue weighted by molar-refractivity contribution is 8.19. The van der Waals surface area contributed by atoms with E-state index in [9.17, 15) is 4.79 Å². The Kier molecular flexibility index (Phi) is 6.78. The van der Waals surface area contributed by atoms with Crippen molar-refractivity contribution in [3.8, 4) is 11.4 Å². The van der Waals surface area contributed by atoms with Crippen molar-refractivity contribution >= 4 is 40.3 Å². The Labute approximate surface area is 215 Å². The van der Waals surface area contributed by atoms with Crippen LogP contribution < -0.4 is 9.64 Å². The zero-order valence-electron chi connectivity index (χ0n) is 20.5. The molecule has 1 aliphatic rings. The molecule has 5 nitrogen and oxygen atoms in total. The lowest BCUT2D eigenvalue weighted by molar-refractivity contribution is -0.113.